The van der Waals surface area contributed by atoms with Crippen molar-refractivity contribution >= 4 is 16.8 Å². The van der Waals surface area contributed by atoms with Crippen molar-refractivity contribution in [2.75, 3.05) is 38.1 Å². The topological polar surface area (TPSA) is 44.5 Å². The fourth-order valence-electron chi connectivity index (χ4n) is 3.73. The summed E-state index contributed by atoms with van der Waals surface area (Å²) in [5, 5.41) is 8.34. The first-order chi connectivity index (χ1) is 10.7. The first-order valence-corrected chi connectivity index (χ1v) is 7.96. The lowest BCUT2D eigenvalue weighted by Crippen LogP contribution is -2.59. The van der Waals surface area contributed by atoms with E-state index in [9.17, 15) is 4.39 Å². The van der Waals surface area contributed by atoms with Gasteiger partial charge in [0.15, 0.2) is 11.4 Å². The maximum atomic E-state index is 13.5. The molecular formula is C16H21FN4O. The normalized spacial score (nSPS) is 26.4. The lowest BCUT2D eigenvalue weighted by molar-refractivity contribution is 0.111. The smallest absolute Gasteiger partial charge is 0.180 e. The van der Waals surface area contributed by atoms with Crippen LogP contribution in [-0.2, 0) is 0 Å². The molecule has 1 N–H and O–H groups in total. The van der Waals surface area contributed by atoms with Crippen LogP contribution in [0.4, 0.5) is 10.2 Å². The summed E-state index contributed by atoms with van der Waals surface area (Å²) in [4.78, 5) is 4.80. The molecule has 2 aliphatic rings. The van der Waals surface area contributed by atoms with E-state index in [2.05, 4.69) is 20.3 Å². The molecule has 22 heavy (non-hydrogen) atoms. The third-order valence-corrected chi connectivity index (χ3v) is 5.03. The molecule has 0 radical (unpaired) electrons. The molecule has 0 saturated carbocycles. The number of hydrogen-bond acceptors (Lipinski definition) is 5. The van der Waals surface area contributed by atoms with Crippen LogP contribution in [0.2, 0.25) is 0 Å². The van der Waals surface area contributed by atoms with E-state index in [4.69, 9.17) is 4.52 Å². The summed E-state index contributed by atoms with van der Waals surface area (Å²) in [6, 6.07) is 5.73. The van der Waals surface area contributed by atoms with Crippen LogP contribution in [0.25, 0.3) is 11.0 Å². The van der Waals surface area contributed by atoms with Crippen LogP contribution in [0, 0.1) is 5.82 Å². The summed E-state index contributed by atoms with van der Waals surface area (Å²) >= 11 is 0. The summed E-state index contributed by atoms with van der Waals surface area (Å²) in [6.45, 7) is 3.98. The molecule has 1 aromatic carbocycles. The van der Waals surface area contributed by atoms with E-state index in [1.54, 1.807) is 6.07 Å². The van der Waals surface area contributed by atoms with E-state index >= 15 is 0 Å². The first kappa shape index (κ1) is 14.0. The zero-order valence-corrected chi connectivity index (χ0v) is 12.8. The monoisotopic (exact) mass is 304 g/mol. The minimum absolute atomic E-state index is 0.245. The number of benzene rings is 1. The lowest BCUT2D eigenvalue weighted by Gasteiger charge is -2.46. The van der Waals surface area contributed by atoms with Crippen molar-refractivity contribution in [2.45, 2.75) is 24.9 Å². The van der Waals surface area contributed by atoms with E-state index in [0.717, 1.165) is 37.4 Å². The SMILES string of the molecule is CN[C@@H]1CC[C@H]2CN(c3noc4ccc(F)cc34)CCN2C1. The Bertz CT molecular complexity index is 673. The minimum Gasteiger partial charge on any atom is -0.354 e. The number of fused-ring (bicyclic) bond motifs is 2. The van der Waals surface area contributed by atoms with E-state index < -0.39 is 0 Å². The second-order valence-electron chi connectivity index (χ2n) is 6.30. The molecule has 0 aliphatic carbocycles. The van der Waals surface area contributed by atoms with Gasteiger partial charge in [0.2, 0.25) is 0 Å². The third kappa shape index (κ3) is 2.36. The predicted octanol–water partition coefficient (Wildman–Crippen LogP) is 1.84. The Kier molecular flexibility index (Phi) is 3.50. The van der Waals surface area contributed by atoms with Crippen LogP contribution >= 0.6 is 0 Å². The summed E-state index contributed by atoms with van der Waals surface area (Å²) in [6.07, 6.45) is 2.39. The van der Waals surface area contributed by atoms with Crippen molar-refractivity contribution < 1.29 is 8.91 Å². The van der Waals surface area contributed by atoms with Gasteiger partial charge in [0.25, 0.3) is 0 Å². The van der Waals surface area contributed by atoms with E-state index in [-0.39, 0.29) is 5.82 Å². The maximum absolute atomic E-state index is 13.5. The van der Waals surface area contributed by atoms with Gasteiger partial charge in [0, 0.05) is 38.3 Å². The summed E-state index contributed by atoms with van der Waals surface area (Å²) in [5.74, 6) is 0.537. The van der Waals surface area contributed by atoms with E-state index in [1.807, 2.05) is 7.05 Å². The molecule has 2 aromatic rings. The highest BCUT2D eigenvalue weighted by atomic mass is 19.1. The Morgan fingerprint density at radius 3 is 3.05 bits per heavy atom. The van der Waals surface area contributed by atoms with Crippen molar-refractivity contribution in [1.82, 2.24) is 15.4 Å². The molecule has 1 aromatic heterocycles. The number of halogens is 1. The van der Waals surface area contributed by atoms with Gasteiger partial charge in [0.1, 0.15) is 5.82 Å². The molecule has 0 spiro atoms. The fourth-order valence-corrected chi connectivity index (χ4v) is 3.73. The minimum atomic E-state index is -0.245. The maximum Gasteiger partial charge on any atom is 0.180 e. The second kappa shape index (κ2) is 5.52. The Morgan fingerprint density at radius 2 is 2.18 bits per heavy atom. The molecule has 118 valence electrons. The van der Waals surface area contributed by atoms with Gasteiger partial charge in [-0.15, -0.1) is 0 Å². The number of piperazine rings is 1. The standard InChI is InChI=1S/C16H21FN4O/c1-18-12-3-4-13-10-21(7-6-20(13)9-12)16-14-8-11(17)2-5-15(14)22-19-16/h2,5,8,12-13,18H,3-4,6-7,9-10H2,1H3/t12-,13+/m1/s1. The van der Waals surface area contributed by atoms with Crippen LogP contribution < -0.4 is 10.2 Å². The van der Waals surface area contributed by atoms with Gasteiger partial charge in [-0.1, -0.05) is 5.16 Å². The largest absolute Gasteiger partial charge is 0.354 e. The fraction of sp³-hybridized carbons (Fsp3) is 0.562. The van der Waals surface area contributed by atoms with Gasteiger partial charge in [-0.25, -0.2) is 4.39 Å². The van der Waals surface area contributed by atoms with Crippen LogP contribution in [0.3, 0.4) is 0 Å². The van der Waals surface area contributed by atoms with E-state index in [0.29, 0.717) is 17.7 Å². The van der Waals surface area contributed by atoms with Gasteiger partial charge < -0.3 is 14.7 Å². The average Bonchev–Trinajstić information content (AvgIpc) is 2.96. The highest BCUT2D eigenvalue weighted by molar-refractivity contribution is 5.88. The molecule has 2 saturated heterocycles. The number of anilines is 1. The van der Waals surface area contributed by atoms with Gasteiger partial charge in [-0.2, -0.15) is 0 Å². The second-order valence-corrected chi connectivity index (χ2v) is 6.30. The summed E-state index contributed by atoms with van der Waals surface area (Å²) in [7, 11) is 2.04. The van der Waals surface area contributed by atoms with E-state index in [1.165, 1.54) is 25.0 Å². The Morgan fingerprint density at radius 1 is 1.27 bits per heavy atom. The molecule has 0 amide bonds. The van der Waals surface area contributed by atoms with Crippen molar-refractivity contribution in [3.8, 4) is 0 Å². The predicted molar refractivity (Wildman–Crippen MR) is 83.6 cm³/mol. The lowest BCUT2D eigenvalue weighted by atomic mass is 9.96. The van der Waals surface area contributed by atoms with Crippen LogP contribution in [0.5, 0.6) is 0 Å². The summed E-state index contributed by atoms with van der Waals surface area (Å²) < 4.78 is 18.9. The van der Waals surface area contributed by atoms with Gasteiger partial charge >= 0.3 is 0 Å². The number of piperidine rings is 1. The number of hydrogen-bond donors (Lipinski definition) is 1. The zero-order valence-electron chi connectivity index (χ0n) is 12.8. The highest BCUT2D eigenvalue weighted by Crippen LogP contribution is 2.30. The Hall–Kier alpha value is -1.66. The highest BCUT2D eigenvalue weighted by Gasteiger charge is 2.33. The van der Waals surface area contributed by atoms with Crippen molar-refractivity contribution in [2.24, 2.45) is 0 Å². The number of nitrogens with one attached hydrogen (secondary N) is 1. The van der Waals surface area contributed by atoms with Crippen LogP contribution in [0.1, 0.15) is 12.8 Å². The third-order valence-electron chi connectivity index (χ3n) is 5.03. The molecule has 6 heteroatoms. The molecule has 2 aliphatic heterocycles. The quantitative estimate of drug-likeness (QED) is 0.917. The molecule has 4 rings (SSSR count). The average molecular weight is 304 g/mol. The molecule has 0 bridgehead atoms. The van der Waals surface area contributed by atoms with Crippen LogP contribution in [-0.4, -0.2) is 55.4 Å². The Labute approximate surface area is 129 Å². The molecule has 3 heterocycles. The number of likely N-dealkylation sites (N-methyl/N-ethyl adjacent to an activating group) is 1. The molecular weight excluding hydrogens is 283 g/mol. The molecule has 2 atom stereocenters. The molecule has 5 nitrogen and oxygen atoms in total. The molecule has 2 fully saturated rings. The van der Waals surface area contributed by atoms with Crippen molar-refractivity contribution in [3.63, 3.8) is 0 Å². The number of nitrogens with zero attached hydrogens (tertiary/aromatic N) is 3. The summed E-state index contributed by atoms with van der Waals surface area (Å²) in [5.41, 5.74) is 0.651. The van der Waals surface area contributed by atoms with Gasteiger partial charge in [-0.3, -0.25) is 4.90 Å². The van der Waals surface area contributed by atoms with Gasteiger partial charge in [0.05, 0.1) is 5.39 Å². The number of rotatable bonds is 2. The number of aromatic nitrogens is 1. The first-order valence-electron chi connectivity index (χ1n) is 7.96. The van der Waals surface area contributed by atoms with Crippen molar-refractivity contribution in [1.29, 1.82) is 0 Å². The zero-order chi connectivity index (χ0) is 15.1. The molecule has 0 unspecified atom stereocenters. The Balaban J connectivity index is 1.56. The van der Waals surface area contributed by atoms with Crippen LogP contribution in [0.15, 0.2) is 22.7 Å². The van der Waals surface area contributed by atoms with Crippen molar-refractivity contribution in [3.05, 3.63) is 24.0 Å². The van der Waals surface area contributed by atoms with Gasteiger partial charge in [-0.05, 0) is 38.1 Å².